The van der Waals surface area contributed by atoms with E-state index in [4.69, 9.17) is 4.74 Å². The van der Waals surface area contributed by atoms with Gasteiger partial charge in [-0.25, -0.2) is 0 Å². The molecule has 0 aromatic heterocycles. The first-order chi connectivity index (χ1) is 8.93. The van der Waals surface area contributed by atoms with Crippen LogP contribution in [0.4, 0.5) is 0 Å². The summed E-state index contributed by atoms with van der Waals surface area (Å²) in [5.74, 6) is 3.34. The van der Waals surface area contributed by atoms with E-state index in [0.29, 0.717) is 12.2 Å². The fraction of sp³-hybridized carbons (Fsp3) is 0.647. The molecule has 1 nitrogen and oxygen atoms in total. The Morgan fingerprint density at radius 3 is 2.56 bits per heavy atom. The van der Waals surface area contributed by atoms with Gasteiger partial charge in [0.15, 0.2) is 0 Å². The minimum Gasteiger partial charge on any atom is -0.373 e. The van der Waals surface area contributed by atoms with E-state index >= 15 is 0 Å². The number of fused-ring (bicyclic) bond motifs is 10. The van der Waals surface area contributed by atoms with Crippen LogP contribution in [0.1, 0.15) is 42.7 Å². The molecule has 0 N–H and O–H groups in total. The Labute approximate surface area is 109 Å². The normalized spacial score (nSPS) is 47.8. The molecular formula is C17H20O. The van der Waals surface area contributed by atoms with Crippen LogP contribution in [0.2, 0.25) is 0 Å². The smallest absolute Gasteiger partial charge is 0.0683 e. The topological polar surface area (TPSA) is 9.23 Å². The van der Waals surface area contributed by atoms with Crippen LogP contribution < -0.4 is 0 Å². The van der Waals surface area contributed by atoms with Gasteiger partial charge in [0.05, 0.1) is 12.2 Å². The molecule has 94 valence electrons. The van der Waals surface area contributed by atoms with Crippen LogP contribution in [0.15, 0.2) is 24.3 Å². The van der Waals surface area contributed by atoms with Gasteiger partial charge in [0.25, 0.3) is 0 Å². The maximum atomic E-state index is 6.44. The summed E-state index contributed by atoms with van der Waals surface area (Å²) in [5, 5.41) is 0. The van der Waals surface area contributed by atoms with Crippen molar-refractivity contribution in [2.45, 2.75) is 50.2 Å². The second-order valence-corrected chi connectivity index (χ2v) is 6.77. The Morgan fingerprint density at radius 2 is 1.67 bits per heavy atom. The van der Waals surface area contributed by atoms with Crippen molar-refractivity contribution in [2.75, 3.05) is 0 Å². The molecule has 2 saturated heterocycles. The minimum atomic E-state index is 0.564. The lowest BCUT2D eigenvalue weighted by Gasteiger charge is -2.38. The van der Waals surface area contributed by atoms with Crippen molar-refractivity contribution in [2.24, 2.45) is 17.8 Å². The highest BCUT2D eigenvalue weighted by molar-refractivity contribution is 5.40. The molecule has 2 heterocycles. The summed E-state index contributed by atoms with van der Waals surface area (Å²) in [7, 11) is 0. The fourth-order valence-electron chi connectivity index (χ4n) is 5.55. The zero-order valence-corrected chi connectivity index (χ0v) is 10.7. The van der Waals surface area contributed by atoms with E-state index in [-0.39, 0.29) is 0 Å². The second-order valence-electron chi connectivity index (χ2n) is 6.77. The predicted molar refractivity (Wildman–Crippen MR) is 70.5 cm³/mol. The largest absolute Gasteiger partial charge is 0.373 e. The van der Waals surface area contributed by atoms with E-state index in [1.54, 1.807) is 11.1 Å². The summed E-state index contributed by atoms with van der Waals surface area (Å²) in [5.41, 5.74) is 3.24. The van der Waals surface area contributed by atoms with Gasteiger partial charge in [0, 0.05) is 5.92 Å². The van der Waals surface area contributed by atoms with Gasteiger partial charge in [-0.2, -0.15) is 0 Å². The van der Waals surface area contributed by atoms with Crippen LogP contribution in [0, 0.1) is 17.8 Å². The average Bonchev–Trinajstić information content (AvgIpc) is 3.07. The molecule has 18 heavy (non-hydrogen) atoms. The molecule has 0 unspecified atom stereocenters. The molecule has 6 atom stereocenters. The van der Waals surface area contributed by atoms with Crippen molar-refractivity contribution in [3.8, 4) is 0 Å². The molecule has 1 heteroatoms. The van der Waals surface area contributed by atoms with Crippen molar-refractivity contribution >= 4 is 0 Å². The van der Waals surface area contributed by atoms with Crippen LogP contribution in [-0.2, 0) is 11.2 Å². The summed E-state index contributed by atoms with van der Waals surface area (Å²) < 4.78 is 6.44. The highest BCUT2D eigenvalue weighted by atomic mass is 16.5. The number of hydrogen-bond donors (Lipinski definition) is 0. The molecule has 2 aliphatic heterocycles. The molecule has 5 rings (SSSR count). The molecule has 1 saturated carbocycles. The molecule has 3 fully saturated rings. The Hall–Kier alpha value is -0.820. The van der Waals surface area contributed by atoms with E-state index < -0.39 is 0 Å². The van der Waals surface area contributed by atoms with Crippen molar-refractivity contribution in [1.29, 1.82) is 0 Å². The number of hydrogen-bond acceptors (Lipinski definition) is 1. The van der Waals surface area contributed by atoms with E-state index in [1.165, 1.54) is 32.1 Å². The Morgan fingerprint density at radius 1 is 0.889 bits per heavy atom. The molecule has 1 aromatic rings. The maximum absolute atomic E-state index is 6.44. The van der Waals surface area contributed by atoms with Crippen LogP contribution in [0.3, 0.4) is 0 Å². The van der Waals surface area contributed by atoms with Crippen molar-refractivity contribution in [1.82, 2.24) is 0 Å². The van der Waals surface area contributed by atoms with Crippen molar-refractivity contribution in [3.63, 3.8) is 0 Å². The average molecular weight is 240 g/mol. The van der Waals surface area contributed by atoms with Gasteiger partial charge in [-0.3, -0.25) is 0 Å². The molecular weight excluding hydrogens is 220 g/mol. The van der Waals surface area contributed by atoms with Gasteiger partial charge in [0.1, 0.15) is 0 Å². The van der Waals surface area contributed by atoms with Crippen LogP contribution in [-0.4, -0.2) is 12.2 Å². The van der Waals surface area contributed by atoms with Gasteiger partial charge in [-0.05, 0) is 48.1 Å². The van der Waals surface area contributed by atoms with Gasteiger partial charge in [0.2, 0.25) is 0 Å². The predicted octanol–water partition coefficient (Wildman–Crippen LogP) is 3.53. The zero-order valence-electron chi connectivity index (χ0n) is 10.7. The molecule has 0 spiro atoms. The molecule has 0 radical (unpaired) electrons. The third kappa shape index (κ3) is 1.08. The van der Waals surface area contributed by atoms with Crippen molar-refractivity contribution in [3.05, 3.63) is 35.4 Å². The third-order valence-corrected chi connectivity index (χ3v) is 6.14. The maximum Gasteiger partial charge on any atom is 0.0683 e. The zero-order chi connectivity index (χ0) is 11.7. The van der Waals surface area contributed by atoms with Crippen LogP contribution >= 0.6 is 0 Å². The minimum absolute atomic E-state index is 0.564. The molecule has 2 aliphatic carbocycles. The lowest BCUT2D eigenvalue weighted by atomic mass is 9.63. The molecule has 1 aromatic carbocycles. The summed E-state index contributed by atoms with van der Waals surface area (Å²) in [6.45, 7) is 0. The van der Waals surface area contributed by atoms with E-state index in [1.807, 2.05) is 0 Å². The molecule has 0 amide bonds. The lowest BCUT2D eigenvalue weighted by molar-refractivity contribution is 0.0719. The third-order valence-electron chi connectivity index (χ3n) is 6.14. The van der Waals surface area contributed by atoms with Gasteiger partial charge in [-0.1, -0.05) is 37.1 Å². The quantitative estimate of drug-likeness (QED) is 0.674. The van der Waals surface area contributed by atoms with E-state index in [2.05, 4.69) is 24.3 Å². The van der Waals surface area contributed by atoms with Gasteiger partial charge >= 0.3 is 0 Å². The highest BCUT2D eigenvalue weighted by Crippen LogP contribution is 2.61. The standard InChI is InChI=1S/C17H20O/c1-2-6-11-10(5-1)9-14-15(11)17-13-8-4-3-7-12(13)16(14)18-17/h1-2,5-6,12-17H,3-4,7-9H2/t12-,13-,14-,15-,16+,17-/m1/s1. The first-order valence-corrected chi connectivity index (χ1v) is 7.67. The summed E-state index contributed by atoms with van der Waals surface area (Å²) in [4.78, 5) is 0. The molecule has 4 aliphatic rings. The summed E-state index contributed by atoms with van der Waals surface area (Å²) in [6.07, 6.45) is 8.19. The highest BCUT2D eigenvalue weighted by Gasteiger charge is 2.61. The Kier molecular flexibility index (Phi) is 1.89. The monoisotopic (exact) mass is 240 g/mol. The van der Waals surface area contributed by atoms with Crippen LogP contribution in [0.25, 0.3) is 0 Å². The first kappa shape index (κ1) is 10.0. The van der Waals surface area contributed by atoms with E-state index in [9.17, 15) is 0 Å². The second kappa shape index (κ2) is 3.39. The SMILES string of the molecule is c1ccc2c(c1)C[C@H]1[C@H]3O[C@H]([C@@H]4CCCC[C@H]43)[C@H]21. The van der Waals surface area contributed by atoms with Gasteiger partial charge < -0.3 is 4.74 Å². The number of rotatable bonds is 0. The van der Waals surface area contributed by atoms with Crippen LogP contribution in [0.5, 0.6) is 0 Å². The Balaban J connectivity index is 1.59. The van der Waals surface area contributed by atoms with Crippen molar-refractivity contribution < 1.29 is 4.74 Å². The van der Waals surface area contributed by atoms with E-state index in [0.717, 1.165) is 23.7 Å². The number of benzene rings is 1. The molecule has 2 bridgehead atoms. The Bertz CT molecular complexity index is 494. The first-order valence-electron chi connectivity index (χ1n) is 7.67. The fourth-order valence-corrected chi connectivity index (χ4v) is 5.55. The summed E-state index contributed by atoms with van der Waals surface area (Å²) in [6, 6.07) is 9.12. The summed E-state index contributed by atoms with van der Waals surface area (Å²) >= 11 is 0. The number of ether oxygens (including phenoxy) is 1. The van der Waals surface area contributed by atoms with Gasteiger partial charge in [-0.15, -0.1) is 0 Å². The lowest BCUT2D eigenvalue weighted by Crippen LogP contribution is -2.38.